The first-order chi connectivity index (χ1) is 12.3. The number of carbonyl (C=O) groups excluding carboxylic acids is 2. The van der Waals surface area contributed by atoms with Gasteiger partial charge in [-0.3, -0.25) is 4.79 Å². The van der Waals surface area contributed by atoms with E-state index >= 15 is 0 Å². The van der Waals surface area contributed by atoms with Crippen LogP contribution in [0.1, 0.15) is 48.2 Å². The maximum Gasteiger partial charge on any atom is 0.407 e. The molecule has 2 aromatic carbocycles. The molecule has 0 aliphatic heterocycles. The summed E-state index contributed by atoms with van der Waals surface area (Å²) >= 11 is 0. The van der Waals surface area contributed by atoms with Crippen molar-refractivity contribution in [1.82, 2.24) is 5.32 Å². The van der Waals surface area contributed by atoms with Crippen LogP contribution in [0.2, 0.25) is 0 Å². The number of rotatable bonds is 3. The SMILES string of the molecule is CC(C)(C)OC(=O)NC[C@H]1C(=O)c2ccccc2C[C@H]1c1ccccc1. The second-order valence-corrected chi connectivity index (χ2v) is 7.73. The van der Waals surface area contributed by atoms with E-state index < -0.39 is 11.7 Å². The van der Waals surface area contributed by atoms with Crippen LogP contribution in [0.15, 0.2) is 54.6 Å². The van der Waals surface area contributed by atoms with E-state index in [2.05, 4.69) is 5.32 Å². The molecule has 2 atom stereocenters. The Morgan fingerprint density at radius 1 is 1.08 bits per heavy atom. The lowest BCUT2D eigenvalue weighted by atomic mass is 9.72. The van der Waals surface area contributed by atoms with Crippen LogP contribution in [0.25, 0.3) is 0 Å². The lowest BCUT2D eigenvalue weighted by Gasteiger charge is -2.32. The van der Waals surface area contributed by atoms with Crippen LogP contribution in [-0.4, -0.2) is 24.0 Å². The minimum absolute atomic E-state index is 0.0357. The van der Waals surface area contributed by atoms with Crippen molar-refractivity contribution in [3.05, 3.63) is 71.3 Å². The molecule has 0 heterocycles. The van der Waals surface area contributed by atoms with E-state index in [-0.39, 0.29) is 24.2 Å². The summed E-state index contributed by atoms with van der Waals surface area (Å²) in [5.74, 6) is -0.190. The molecule has 0 unspecified atom stereocenters. The summed E-state index contributed by atoms with van der Waals surface area (Å²) in [6.45, 7) is 5.73. The van der Waals surface area contributed by atoms with Gasteiger partial charge in [0.05, 0.1) is 0 Å². The number of benzene rings is 2. The van der Waals surface area contributed by atoms with Gasteiger partial charge >= 0.3 is 6.09 Å². The van der Waals surface area contributed by atoms with Crippen molar-refractivity contribution >= 4 is 11.9 Å². The molecule has 0 fully saturated rings. The third-order valence-corrected chi connectivity index (χ3v) is 4.64. The van der Waals surface area contributed by atoms with Crippen molar-refractivity contribution < 1.29 is 14.3 Å². The van der Waals surface area contributed by atoms with Gasteiger partial charge in [-0.2, -0.15) is 0 Å². The van der Waals surface area contributed by atoms with Crippen molar-refractivity contribution in [2.45, 2.75) is 38.7 Å². The van der Waals surface area contributed by atoms with Crippen LogP contribution in [-0.2, 0) is 11.2 Å². The highest BCUT2D eigenvalue weighted by atomic mass is 16.6. The summed E-state index contributed by atoms with van der Waals surface area (Å²) < 4.78 is 5.31. The second-order valence-electron chi connectivity index (χ2n) is 7.73. The number of ketones is 1. The molecule has 0 bridgehead atoms. The highest BCUT2D eigenvalue weighted by Crippen LogP contribution is 2.36. The van der Waals surface area contributed by atoms with Crippen molar-refractivity contribution in [3.8, 4) is 0 Å². The van der Waals surface area contributed by atoms with Crippen LogP contribution < -0.4 is 5.32 Å². The summed E-state index contributed by atoms with van der Waals surface area (Å²) in [7, 11) is 0. The normalized spacial score (nSPS) is 19.6. The number of fused-ring (bicyclic) bond motifs is 1. The molecule has 4 heteroatoms. The van der Waals surface area contributed by atoms with E-state index in [0.29, 0.717) is 0 Å². The van der Waals surface area contributed by atoms with E-state index in [4.69, 9.17) is 4.74 Å². The highest BCUT2D eigenvalue weighted by Gasteiger charge is 2.36. The van der Waals surface area contributed by atoms with Crippen LogP contribution in [0.3, 0.4) is 0 Å². The van der Waals surface area contributed by atoms with Crippen LogP contribution in [0, 0.1) is 5.92 Å². The number of nitrogens with one attached hydrogen (secondary N) is 1. The zero-order valence-corrected chi connectivity index (χ0v) is 15.5. The van der Waals surface area contributed by atoms with Gasteiger partial charge in [-0.1, -0.05) is 54.6 Å². The average Bonchev–Trinajstić information content (AvgIpc) is 2.60. The number of amides is 1. The summed E-state index contributed by atoms with van der Waals surface area (Å²) in [6.07, 6.45) is 0.294. The Bertz CT molecular complexity index is 793. The first kappa shape index (κ1) is 18.2. The Kier molecular flexibility index (Phi) is 5.12. The molecule has 0 radical (unpaired) electrons. The molecule has 0 saturated carbocycles. The van der Waals surface area contributed by atoms with Gasteiger partial charge in [0.2, 0.25) is 0 Å². The fourth-order valence-electron chi connectivity index (χ4n) is 3.49. The highest BCUT2D eigenvalue weighted by molar-refractivity contribution is 6.01. The molecule has 2 aromatic rings. The molecular weight excluding hydrogens is 326 g/mol. The fraction of sp³-hybridized carbons (Fsp3) is 0.364. The maximum absolute atomic E-state index is 13.1. The minimum atomic E-state index is -0.563. The second kappa shape index (κ2) is 7.32. The lowest BCUT2D eigenvalue weighted by Crippen LogP contribution is -2.41. The zero-order chi connectivity index (χ0) is 18.7. The first-order valence-corrected chi connectivity index (χ1v) is 8.99. The quantitative estimate of drug-likeness (QED) is 0.894. The number of hydrogen-bond acceptors (Lipinski definition) is 3. The van der Waals surface area contributed by atoms with Crippen LogP contribution >= 0.6 is 0 Å². The summed E-state index contributed by atoms with van der Waals surface area (Å²) in [6, 6.07) is 17.8. The van der Waals surface area contributed by atoms with E-state index in [0.717, 1.165) is 23.1 Å². The molecule has 0 aromatic heterocycles. The molecule has 1 N–H and O–H groups in total. The molecular formula is C22H25NO3. The van der Waals surface area contributed by atoms with Gasteiger partial charge in [-0.25, -0.2) is 4.79 Å². The number of alkyl carbamates (subject to hydrolysis) is 1. The van der Waals surface area contributed by atoms with E-state index in [1.807, 2.05) is 75.4 Å². The monoisotopic (exact) mass is 351 g/mol. The molecule has 1 aliphatic rings. The number of carbonyl (C=O) groups is 2. The number of Topliss-reactive ketones (excluding diaryl/α,β-unsaturated/α-hetero) is 1. The van der Waals surface area contributed by atoms with E-state index in [1.54, 1.807) is 0 Å². The molecule has 3 rings (SSSR count). The Balaban J connectivity index is 1.84. The molecule has 4 nitrogen and oxygen atoms in total. The minimum Gasteiger partial charge on any atom is -0.444 e. The standard InChI is InChI=1S/C22H25NO3/c1-22(2,3)26-21(25)23-14-19-18(15-9-5-4-6-10-15)13-16-11-7-8-12-17(16)20(19)24/h4-12,18-19H,13-14H2,1-3H3,(H,23,25)/t18-,19+/m0/s1. The molecule has 26 heavy (non-hydrogen) atoms. The first-order valence-electron chi connectivity index (χ1n) is 8.99. The van der Waals surface area contributed by atoms with Gasteiger partial charge in [0.15, 0.2) is 5.78 Å². The van der Waals surface area contributed by atoms with E-state index in [1.165, 1.54) is 0 Å². The molecule has 1 amide bonds. The fourth-order valence-corrected chi connectivity index (χ4v) is 3.49. The summed E-state index contributed by atoms with van der Waals surface area (Å²) in [5.41, 5.74) is 2.38. The molecule has 0 saturated heterocycles. The third kappa shape index (κ3) is 4.13. The average molecular weight is 351 g/mol. The summed E-state index contributed by atoms with van der Waals surface area (Å²) in [4.78, 5) is 25.2. The topological polar surface area (TPSA) is 55.4 Å². The van der Waals surface area contributed by atoms with Gasteiger partial charge in [0, 0.05) is 18.0 Å². The van der Waals surface area contributed by atoms with Gasteiger partial charge in [0.1, 0.15) is 5.60 Å². The van der Waals surface area contributed by atoms with Crippen molar-refractivity contribution in [2.75, 3.05) is 6.54 Å². The third-order valence-electron chi connectivity index (χ3n) is 4.64. The Labute approximate surface area is 154 Å². The van der Waals surface area contributed by atoms with Gasteiger partial charge < -0.3 is 10.1 Å². The molecule has 136 valence electrons. The predicted molar refractivity (Wildman–Crippen MR) is 101 cm³/mol. The Morgan fingerprint density at radius 3 is 2.42 bits per heavy atom. The molecule has 1 aliphatic carbocycles. The van der Waals surface area contributed by atoms with Crippen molar-refractivity contribution in [2.24, 2.45) is 5.92 Å². The van der Waals surface area contributed by atoms with Gasteiger partial charge in [-0.05, 0) is 44.2 Å². The van der Waals surface area contributed by atoms with Crippen molar-refractivity contribution in [1.29, 1.82) is 0 Å². The van der Waals surface area contributed by atoms with Crippen LogP contribution in [0.5, 0.6) is 0 Å². The smallest absolute Gasteiger partial charge is 0.407 e. The number of ether oxygens (including phenoxy) is 1. The Morgan fingerprint density at radius 2 is 1.73 bits per heavy atom. The van der Waals surface area contributed by atoms with Crippen molar-refractivity contribution in [3.63, 3.8) is 0 Å². The molecule has 0 spiro atoms. The summed E-state index contributed by atoms with van der Waals surface area (Å²) in [5, 5.41) is 2.79. The van der Waals surface area contributed by atoms with Gasteiger partial charge in [-0.15, -0.1) is 0 Å². The van der Waals surface area contributed by atoms with E-state index in [9.17, 15) is 9.59 Å². The zero-order valence-electron chi connectivity index (χ0n) is 15.5. The van der Waals surface area contributed by atoms with Crippen LogP contribution in [0.4, 0.5) is 4.79 Å². The predicted octanol–water partition coefficient (Wildman–Crippen LogP) is 4.35. The van der Waals surface area contributed by atoms with Gasteiger partial charge in [0.25, 0.3) is 0 Å². The largest absolute Gasteiger partial charge is 0.444 e. The maximum atomic E-state index is 13.1. The number of hydrogen-bond donors (Lipinski definition) is 1. The Hall–Kier alpha value is -2.62. The lowest BCUT2D eigenvalue weighted by molar-refractivity contribution is 0.0514.